The van der Waals surface area contributed by atoms with Gasteiger partial charge in [0.1, 0.15) is 73.2 Å². The predicted octanol–water partition coefficient (Wildman–Crippen LogP) is -1.25. The van der Waals surface area contributed by atoms with Crippen molar-refractivity contribution in [3.05, 3.63) is 23.3 Å². The molecule has 22 heteroatoms. The minimum Gasteiger partial charge on any atom is -0.479 e. The standard InChI is InChI=1S/C52H82O22/c1-9-22(2)43(67)74-41-40(64)52(21-56)24(16-47(41,3)4)23-10-11-28-48(5)14-13-30(49(6,20-55)27(48)12-15-50(28,7)51(23,8)17-29(52)57)70-46-39(73-45-35(62)33(60)31(58)25(18-53)68-45)37(36(63)38(72-46)42(65)66)71-44-34(61)32(59)26(19-54)69-44/h9,12,23-26,28-41,44-46,53-64H,10-11,13-21H2,1-8H3,(H,65,66)/b22-9-/t23-,24+,25-,26+,28-,29-,30?,31-,32+,33+,34-,35-,36-,37+,38+,39-,40+,41+,44-,45+,46-,48+,49-,50-,51-,52+/m1/s1. The van der Waals surface area contributed by atoms with E-state index in [9.17, 15) is 76.0 Å². The Labute approximate surface area is 430 Å². The molecule has 0 radical (unpaired) electrons. The van der Waals surface area contributed by atoms with E-state index in [0.717, 1.165) is 5.57 Å². The molecule has 0 aromatic carbocycles. The normalized spacial score (nSPS) is 52.2. The molecule has 4 saturated carbocycles. The Kier molecular flexibility index (Phi) is 16.2. The number of rotatable bonds is 13. The number of fused-ring (bicyclic) bond motifs is 7. The quantitative estimate of drug-likeness (QED) is 0.0582. The average Bonchev–Trinajstić information content (AvgIpc) is 3.62. The number of carboxylic acid groups (broad SMARTS) is 1. The molecule has 26 atom stereocenters. The second-order valence-corrected chi connectivity index (χ2v) is 24.4. The van der Waals surface area contributed by atoms with Crippen LogP contribution in [0, 0.1) is 50.2 Å². The molecule has 1 unspecified atom stereocenters. The maximum absolute atomic E-state index is 13.2. The monoisotopic (exact) mass is 1060 g/mol. The average molecular weight is 1060 g/mol. The molecule has 0 spiro atoms. The largest absolute Gasteiger partial charge is 0.479 e. The van der Waals surface area contributed by atoms with Gasteiger partial charge in [0.2, 0.25) is 0 Å². The zero-order valence-electron chi connectivity index (χ0n) is 43.5. The van der Waals surface area contributed by atoms with Gasteiger partial charge in [0, 0.05) is 16.4 Å². The van der Waals surface area contributed by atoms with Gasteiger partial charge in [-0.05, 0) is 92.8 Å². The maximum Gasteiger partial charge on any atom is 0.335 e. The molecule has 13 N–H and O–H groups in total. The fourth-order valence-corrected chi connectivity index (χ4v) is 15.8. The van der Waals surface area contributed by atoms with Crippen LogP contribution in [0.15, 0.2) is 23.3 Å². The summed E-state index contributed by atoms with van der Waals surface area (Å²) in [7, 11) is 0. The Morgan fingerprint density at radius 3 is 1.85 bits per heavy atom. The molecule has 0 aromatic heterocycles. The Morgan fingerprint density at radius 2 is 1.28 bits per heavy atom. The number of carbonyl (C=O) groups is 2. The molecule has 7 fully saturated rings. The molecule has 8 aliphatic rings. The van der Waals surface area contributed by atoms with Gasteiger partial charge < -0.3 is 99.5 Å². The van der Waals surface area contributed by atoms with Crippen molar-refractivity contribution in [3.8, 4) is 0 Å². The lowest BCUT2D eigenvalue weighted by atomic mass is 9.32. The Morgan fingerprint density at radius 1 is 0.689 bits per heavy atom. The van der Waals surface area contributed by atoms with Gasteiger partial charge in [0.05, 0.1) is 44.1 Å². The van der Waals surface area contributed by atoms with Crippen LogP contribution < -0.4 is 0 Å². The van der Waals surface area contributed by atoms with Gasteiger partial charge in [-0.3, -0.25) is 0 Å². The number of allylic oxidation sites excluding steroid dienone is 2. The van der Waals surface area contributed by atoms with E-state index in [4.69, 9.17) is 33.2 Å². The minimum absolute atomic E-state index is 0.0376. The molecular weight excluding hydrogens is 977 g/mol. The molecule has 422 valence electrons. The van der Waals surface area contributed by atoms with Gasteiger partial charge in [-0.15, -0.1) is 0 Å². The van der Waals surface area contributed by atoms with Crippen molar-refractivity contribution >= 4 is 11.9 Å². The lowest BCUT2D eigenvalue weighted by Gasteiger charge is -2.73. The lowest BCUT2D eigenvalue weighted by Crippen LogP contribution is -2.73. The Bertz CT molecular complexity index is 2120. The van der Waals surface area contributed by atoms with E-state index >= 15 is 0 Å². The Balaban J connectivity index is 1.12. The zero-order chi connectivity index (χ0) is 54.6. The molecule has 0 bridgehead atoms. The fourth-order valence-electron chi connectivity index (χ4n) is 15.8. The topological polar surface area (TPSA) is 362 Å². The number of ether oxygens (including phenoxy) is 7. The summed E-state index contributed by atoms with van der Waals surface area (Å²) in [5, 5.41) is 144. The van der Waals surface area contributed by atoms with Gasteiger partial charge in [0.15, 0.2) is 25.0 Å². The van der Waals surface area contributed by atoms with Crippen LogP contribution in [-0.2, 0) is 42.7 Å². The van der Waals surface area contributed by atoms with E-state index in [1.807, 2.05) is 20.8 Å². The molecule has 3 heterocycles. The molecule has 5 aliphatic carbocycles. The summed E-state index contributed by atoms with van der Waals surface area (Å²) in [4.78, 5) is 26.0. The minimum atomic E-state index is -2.15. The molecule has 8 rings (SSSR count). The number of aliphatic hydroxyl groups is 12. The van der Waals surface area contributed by atoms with Crippen LogP contribution in [0.25, 0.3) is 0 Å². The van der Waals surface area contributed by atoms with Crippen LogP contribution >= 0.6 is 0 Å². The number of hydrogen-bond acceptors (Lipinski definition) is 21. The fraction of sp³-hybridized carbons (Fsp3) is 0.885. The summed E-state index contributed by atoms with van der Waals surface area (Å²) in [6.45, 7) is 13.1. The molecule has 3 aliphatic heterocycles. The van der Waals surface area contributed by atoms with E-state index in [2.05, 4.69) is 26.8 Å². The molecule has 0 amide bonds. The highest BCUT2D eigenvalue weighted by Crippen LogP contribution is 2.76. The van der Waals surface area contributed by atoms with Crippen molar-refractivity contribution in [2.24, 2.45) is 50.2 Å². The molecule has 0 aromatic rings. The highest BCUT2D eigenvalue weighted by molar-refractivity contribution is 5.87. The van der Waals surface area contributed by atoms with Crippen molar-refractivity contribution in [1.29, 1.82) is 0 Å². The van der Waals surface area contributed by atoms with Gasteiger partial charge in [-0.25, -0.2) is 9.59 Å². The van der Waals surface area contributed by atoms with Crippen LogP contribution in [0.5, 0.6) is 0 Å². The number of esters is 1. The van der Waals surface area contributed by atoms with Gasteiger partial charge in [-0.1, -0.05) is 59.3 Å². The maximum atomic E-state index is 13.2. The highest BCUT2D eigenvalue weighted by Gasteiger charge is 2.74. The first-order valence-electron chi connectivity index (χ1n) is 26.2. The summed E-state index contributed by atoms with van der Waals surface area (Å²) in [5.74, 6) is -2.72. The van der Waals surface area contributed by atoms with Gasteiger partial charge in [0.25, 0.3) is 0 Å². The third-order valence-electron chi connectivity index (χ3n) is 20.4. The zero-order valence-corrected chi connectivity index (χ0v) is 43.5. The third kappa shape index (κ3) is 8.77. The van der Waals surface area contributed by atoms with Gasteiger partial charge in [-0.2, -0.15) is 0 Å². The Hall–Kier alpha value is -2.30. The van der Waals surface area contributed by atoms with Crippen LogP contribution in [0.1, 0.15) is 100 Å². The summed E-state index contributed by atoms with van der Waals surface area (Å²) in [6.07, 6.45) is -23.2. The number of carbonyl (C=O) groups excluding carboxylic acids is 1. The second kappa shape index (κ2) is 20.7. The molecular formula is C52H82O22. The second-order valence-electron chi connectivity index (χ2n) is 24.4. The van der Waals surface area contributed by atoms with Crippen molar-refractivity contribution in [2.75, 3.05) is 26.4 Å². The summed E-state index contributed by atoms with van der Waals surface area (Å²) in [6, 6.07) is 0. The van der Waals surface area contributed by atoms with Crippen molar-refractivity contribution in [3.63, 3.8) is 0 Å². The summed E-state index contributed by atoms with van der Waals surface area (Å²) < 4.78 is 42.2. The number of carboxylic acids is 1. The number of aliphatic hydroxyl groups excluding tert-OH is 12. The third-order valence-corrected chi connectivity index (χ3v) is 20.4. The van der Waals surface area contributed by atoms with E-state index in [-0.39, 0.29) is 30.6 Å². The van der Waals surface area contributed by atoms with E-state index in [1.54, 1.807) is 19.9 Å². The molecule has 22 nitrogen and oxygen atoms in total. The first-order valence-corrected chi connectivity index (χ1v) is 26.2. The van der Waals surface area contributed by atoms with Crippen LogP contribution in [0.4, 0.5) is 0 Å². The summed E-state index contributed by atoms with van der Waals surface area (Å²) in [5.41, 5.74) is -3.72. The van der Waals surface area contributed by atoms with Crippen LogP contribution in [0.3, 0.4) is 0 Å². The van der Waals surface area contributed by atoms with Crippen molar-refractivity contribution in [1.82, 2.24) is 0 Å². The van der Waals surface area contributed by atoms with E-state index in [1.165, 1.54) is 0 Å². The number of hydrogen-bond donors (Lipinski definition) is 13. The molecule has 3 saturated heterocycles. The highest BCUT2D eigenvalue weighted by atomic mass is 16.8. The lowest BCUT2D eigenvalue weighted by molar-refractivity contribution is -0.384. The summed E-state index contributed by atoms with van der Waals surface area (Å²) >= 11 is 0. The van der Waals surface area contributed by atoms with Crippen molar-refractivity contribution < 1.29 is 109 Å². The molecule has 74 heavy (non-hydrogen) atoms. The van der Waals surface area contributed by atoms with Crippen molar-refractivity contribution in [2.45, 2.75) is 211 Å². The smallest absolute Gasteiger partial charge is 0.335 e. The van der Waals surface area contributed by atoms with Gasteiger partial charge >= 0.3 is 11.9 Å². The van der Waals surface area contributed by atoms with Crippen LogP contribution in [-0.4, -0.2) is 215 Å². The first-order chi connectivity index (χ1) is 34.6. The number of aliphatic carboxylic acids is 1. The van der Waals surface area contributed by atoms with Crippen LogP contribution in [0.2, 0.25) is 0 Å². The van der Waals surface area contributed by atoms with E-state index in [0.29, 0.717) is 37.7 Å². The predicted molar refractivity (Wildman–Crippen MR) is 253 cm³/mol. The first kappa shape index (κ1) is 57.9. The SMILES string of the molecule is C/C=C(/C)C(=O)O[C@H]1[C@H](O)[C@]2(CO)[C@H](O)C[C@]3(C)[C@H](CC[C@@H]4[C@@]5(C)CCC(O[C@@H]6O[C@H](C(=O)O)[C@H](O)[C@H](O[C@H]7O[C@@H](CO)[C@H](O)[C@H]7O)[C@H]6O[C@@H]6O[C@H](CO)[C@@H](O)[C@H](O)[C@H]6O)[C@](C)(CO)C5=CC[C@]43C)[C@@H]2CC1(C)C. The van der Waals surface area contributed by atoms with E-state index < -0.39 is 181 Å².